The molecular weight excluding hydrogens is 402 g/mol. The summed E-state index contributed by atoms with van der Waals surface area (Å²) in [5, 5.41) is 6.68. The van der Waals surface area contributed by atoms with Crippen LogP contribution < -0.4 is 10.7 Å². The van der Waals surface area contributed by atoms with Gasteiger partial charge in [-0.05, 0) is 50.5 Å². The molecule has 0 unspecified atom stereocenters. The number of fused-ring (bicyclic) bond motifs is 3. The van der Waals surface area contributed by atoms with Gasteiger partial charge in [-0.25, -0.2) is 18.5 Å². The van der Waals surface area contributed by atoms with Gasteiger partial charge in [0, 0.05) is 16.7 Å². The molecule has 0 radical (unpaired) electrons. The van der Waals surface area contributed by atoms with E-state index in [4.69, 9.17) is 10.1 Å². The summed E-state index contributed by atoms with van der Waals surface area (Å²) >= 11 is 3.16. The molecule has 0 spiro atoms. The Morgan fingerprint density at radius 3 is 2.67 bits per heavy atom. The molecule has 148 valence electrons. The second kappa shape index (κ2) is 7.85. The van der Waals surface area contributed by atoms with Crippen LogP contribution in [0, 0.1) is 0 Å². The Balaban J connectivity index is 1.72. The number of rotatable bonds is 6. The van der Waals surface area contributed by atoms with Crippen LogP contribution in [0.25, 0.3) is 10.2 Å². The van der Waals surface area contributed by atoms with Crippen molar-refractivity contribution in [3.8, 4) is 0 Å². The van der Waals surface area contributed by atoms with E-state index in [1.54, 1.807) is 11.3 Å². The SMILES string of the molecule is NS(=O)(=O)CCCSc1nc2sc3c(c2c(=O)n1C1CCCC1)CCCC3. The maximum Gasteiger partial charge on any atom is 0.263 e. The van der Waals surface area contributed by atoms with Crippen LogP contribution in [0.2, 0.25) is 0 Å². The smallest absolute Gasteiger partial charge is 0.263 e. The minimum absolute atomic E-state index is 0.0385. The first-order valence-corrected chi connectivity index (χ1v) is 13.2. The Morgan fingerprint density at radius 1 is 1.19 bits per heavy atom. The quantitative estimate of drug-likeness (QED) is 0.434. The van der Waals surface area contributed by atoms with Crippen LogP contribution in [0.15, 0.2) is 9.95 Å². The number of thiophene rings is 1. The Labute approximate surface area is 167 Å². The Morgan fingerprint density at radius 2 is 1.93 bits per heavy atom. The lowest BCUT2D eigenvalue weighted by Crippen LogP contribution is -2.27. The third-order valence-corrected chi connectivity index (χ3v) is 8.57. The molecule has 6 nitrogen and oxygen atoms in total. The summed E-state index contributed by atoms with van der Waals surface area (Å²) in [7, 11) is -3.45. The lowest BCUT2D eigenvalue weighted by atomic mass is 9.97. The summed E-state index contributed by atoms with van der Waals surface area (Å²) in [6.45, 7) is 0. The molecule has 27 heavy (non-hydrogen) atoms. The van der Waals surface area contributed by atoms with Crippen molar-refractivity contribution in [1.82, 2.24) is 9.55 Å². The van der Waals surface area contributed by atoms with Crippen molar-refractivity contribution in [3.05, 3.63) is 20.8 Å². The maximum absolute atomic E-state index is 13.5. The summed E-state index contributed by atoms with van der Waals surface area (Å²) in [5.74, 6) is 0.551. The van der Waals surface area contributed by atoms with Crippen molar-refractivity contribution in [2.45, 2.75) is 69.0 Å². The zero-order valence-electron chi connectivity index (χ0n) is 15.3. The number of thioether (sulfide) groups is 1. The highest BCUT2D eigenvalue weighted by atomic mass is 32.2. The van der Waals surface area contributed by atoms with Crippen LogP contribution in [0.4, 0.5) is 0 Å². The van der Waals surface area contributed by atoms with Gasteiger partial charge in [-0.15, -0.1) is 11.3 Å². The topological polar surface area (TPSA) is 95.1 Å². The average molecular weight is 428 g/mol. The third kappa shape index (κ3) is 4.11. The molecule has 2 N–H and O–H groups in total. The highest BCUT2D eigenvalue weighted by molar-refractivity contribution is 7.99. The van der Waals surface area contributed by atoms with Crippen LogP contribution >= 0.6 is 23.1 Å². The molecule has 2 aliphatic carbocycles. The number of aromatic nitrogens is 2. The molecule has 2 aromatic rings. The molecule has 2 aromatic heterocycles. The van der Waals surface area contributed by atoms with Crippen molar-refractivity contribution in [2.75, 3.05) is 11.5 Å². The number of hydrogen-bond donors (Lipinski definition) is 1. The van der Waals surface area contributed by atoms with E-state index in [9.17, 15) is 13.2 Å². The van der Waals surface area contributed by atoms with Crippen molar-refractivity contribution in [3.63, 3.8) is 0 Å². The largest absolute Gasteiger partial charge is 0.284 e. The first kappa shape index (κ1) is 19.4. The van der Waals surface area contributed by atoms with Gasteiger partial charge in [-0.3, -0.25) is 9.36 Å². The fraction of sp³-hybridized carbons (Fsp3) is 0.667. The molecule has 0 aliphatic heterocycles. The van der Waals surface area contributed by atoms with Crippen molar-refractivity contribution in [2.24, 2.45) is 5.14 Å². The fourth-order valence-corrected chi connectivity index (χ4v) is 7.25. The van der Waals surface area contributed by atoms with Crippen LogP contribution in [-0.2, 0) is 22.9 Å². The average Bonchev–Trinajstić information content (AvgIpc) is 3.25. The summed E-state index contributed by atoms with van der Waals surface area (Å²) in [6, 6.07) is 0.217. The van der Waals surface area contributed by atoms with Gasteiger partial charge in [0.05, 0.1) is 11.1 Å². The summed E-state index contributed by atoms with van der Waals surface area (Å²) in [5.41, 5.74) is 1.34. The molecule has 0 bridgehead atoms. The van der Waals surface area contributed by atoms with Crippen molar-refractivity contribution < 1.29 is 8.42 Å². The van der Waals surface area contributed by atoms with E-state index < -0.39 is 10.0 Å². The van der Waals surface area contributed by atoms with Gasteiger partial charge in [-0.2, -0.15) is 0 Å². The number of sulfonamides is 1. The van der Waals surface area contributed by atoms with Gasteiger partial charge in [0.25, 0.3) is 5.56 Å². The van der Waals surface area contributed by atoms with Gasteiger partial charge >= 0.3 is 0 Å². The lowest BCUT2D eigenvalue weighted by molar-refractivity contribution is 0.457. The predicted octanol–water partition coefficient (Wildman–Crippen LogP) is 3.22. The molecule has 2 heterocycles. The maximum atomic E-state index is 13.5. The van der Waals surface area contributed by atoms with E-state index in [0.717, 1.165) is 60.3 Å². The first-order valence-electron chi connectivity index (χ1n) is 9.64. The number of primary sulfonamides is 1. The van der Waals surface area contributed by atoms with E-state index in [1.807, 2.05) is 4.57 Å². The third-order valence-electron chi connectivity index (χ3n) is 5.48. The van der Waals surface area contributed by atoms with Crippen LogP contribution in [0.5, 0.6) is 0 Å². The molecule has 0 atom stereocenters. The Kier molecular flexibility index (Phi) is 5.64. The van der Waals surface area contributed by atoms with Crippen LogP contribution in [0.3, 0.4) is 0 Å². The zero-order valence-corrected chi connectivity index (χ0v) is 17.7. The Bertz CT molecular complexity index is 1000. The number of nitrogens with zero attached hydrogens (tertiary/aromatic N) is 2. The van der Waals surface area contributed by atoms with E-state index in [0.29, 0.717) is 12.2 Å². The number of aryl methyl sites for hydroxylation is 2. The molecule has 0 amide bonds. The van der Waals surface area contributed by atoms with Gasteiger partial charge in [-0.1, -0.05) is 24.6 Å². The number of nitrogens with two attached hydrogens (primary N) is 1. The van der Waals surface area contributed by atoms with Crippen LogP contribution in [-0.4, -0.2) is 29.5 Å². The van der Waals surface area contributed by atoms with Crippen molar-refractivity contribution >= 4 is 43.3 Å². The van der Waals surface area contributed by atoms with E-state index >= 15 is 0 Å². The molecule has 4 rings (SSSR count). The van der Waals surface area contributed by atoms with E-state index in [1.165, 1.54) is 28.6 Å². The molecule has 1 fully saturated rings. The summed E-state index contributed by atoms with van der Waals surface area (Å²) in [4.78, 5) is 20.5. The lowest BCUT2D eigenvalue weighted by Gasteiger charge is -2.18. The minimum atomic E-state index is -3.45. The van der Waals surface area contributed by atoms with Crippen LogP contribution in [0.1, 0.15) is 61.4 Å². The van der Waals surface area contributed by atoms with Gasteiger partial charge in [0.2, 0.25) is 10.0 Å². The Hall–Kier alpha value is -0.900. The number of hydrogen-bond acceptors (Lipinski definition) is 6. The molecule has 2 aliphatic rings. The van der Waals surface area contributed by atoms with Gasteiger partial charge in [0.1, 0.15) is 4.83 Å². The van der Waals surface area contributed by atoms with Gasteiger partial charge in [0.15, 0.2) is 5.16 Å². The minimum Gasteiger partial charge on any atom is -0.284 e. The van der Waals surface area contributed by atoms with E-state index in [-0.39, 0.29) is 17.4 Å². The van der Waals surface area contributed by atoms with Gasteiger partial charge < -0.3 is 0 Å². The summed E-state index contributed by atoms with van der Waals surface area (Å²) in [6.07, 6.45) is 9.15. The highest BCUT2D eigenvalue weighted by Gasteiger charge is 2.26. The molecule has 0 saturated heterocycles. The standard InChI is InChI=1S/C18H25N3O3S3/c19-27(23,24)11-5-10-25-18-20-16-15(13-8-3-4-9-14(13)26-16)17(22)21(18)12-6-1-2-7-12/h12H,1-11H2,(H2,19,23,24). The second-order valence-corrected chi connectivity index (χ2v) is 11.3. The normalized spacial score (nSPS) is 18.3. The fourth-order valence-electron chi connectivity index (χ4n) is 4.21. The molecule has 0 aromatic carbocycles. The zero-order chi connectivity index (χ0) is 19.0. The first-order chi connectivity index (χ1) is 12.9. The molecule has 9 heteroatoms. The summed E-state index contributed by atoms with van der Waals surface area (Å²) < 4.78 is 24.2. The second-order valence-electron chi connectivity index (χ2n) is 7.47. The molecular formula is C18H25N3O3S3. The molecule has 1 saturated carbocycles. The van der Waals surface area contributed by atoms with E-state index in [2.05, 4.69) is 0 Å². The highest BCUT2D eigenvalue weighted by Crippen LogP contribution is 2.37. The van der Waals surface area contributed by atoms with Crippen molar-refractivity contribution in [1.29, 1.82) is 0 Å². The monoisotopic (exact) mass is 427 g/mol. The predicted molar refractivity (Wildman–Crippen MR) is 111 cm³/mol.